The Balaban J connectivity index is 1.54. The van der Waals surface area contributed by atoms with Gasteiger partial charge in [-0.2, -0.15) is 0 Å². The number of rotatable bonds is 5. The number of hydrogen-bond acceptors (Lipinski definition) is 2. The molecule has 2 N–H and O–H groups in total. The normalized spacial score (nSPS) is 11.9. The summed E-state index contributed by atoms with van der Waals surface area (Å²) in [5.41, 5.74) is 14.6. The molecule has 138 valence electrons. The summed E-state index contributed by atoms with van der Waals surface area (Å²) >= 11 is 0. The highest BCUT2D eigenvalue weighted by Gasteiger charge is 2.09. The van der Waals surface area contributed by atoms with Gasteiger partial charge in [-0.05, 0) is 53.3 Å². The third-order valence-electron chi connectivity index (χ3n) is 5.08. The maximum atomic E-state index is 6.48. The molecule has 0 aliphatic heterocycles. The molecule has 0 saturated heterocycles. The first-order valence-corrected chi connectivity index (χ1v) is 9.62. The van der Waals surface area contributed by atoms with Crippen molar-refractivity contribution in [3.8, 4) is 22.3 Å². The first-order valence-electron chi connectivity index (χ1n) is 9.62. The van der Waals surface area contributed by atoms with Gasteiger partial charge in [0.1, 0.15) is 0 Å². The second-order valence-electron chi connectivity index (χ2n) is 7.19. The fourth-order valence-electron chi connectivity index (χ4n) is 3.43. The lowest BCUT2D eigenvalue weighted by Crippen LogP contribution is -2.13. The average molecular weight is 364 g/mol. The highest BCUT2D eigenvalue weighted by Crippen LogP contribution is 2.27. The number of aromatic nitrogens is 1. The van der Waals surface area contributed by atoms with Crippen LogP contribution >= 0.6 is 0 Å². The minimum absolute atomic E-state index is 0.0137. The molecular weight excluding hydrogens is 340 g/mol. The summed E-state index contributed by atoms with van der Waals surface area (Å²) in [6.07, 6.45) is 2.76. The predicted molar refractivity (Wildman–Crippen MR) is 117 cm³/mol. The van der Waals surface area contributed by atoms with Gasteiger partial charge in [-0.15, -0.1) is 0 Å². The molecule has 0 aliphatic carbocycles. The zero-order chi connectivity index (χ0) is 19.3. The molecule has 4 rings (SSSR count). The molecule has 4 aromatic rings. The number of nitrogens with zero attached hydrogens (tertiary/aromatic N) is 1. The minimum atomic E-state index is -0.0137. The molecule has 2 heteroatoms. The van der Waals surface area contributed by atoms with E-state index in [0.29, 0.717) is 0 Å². The van der Waals surface area contributed by atoms with E-state index in [4.69, 9.17) is 5.73 Å². The number of pyridine rings is 1. The number of hydrogen-bond donors (Lipinski definition) is 1. The molecule has 1 unspecified atom stereocenters. The molecule has 2 nitrogen and oxygen atoms in total. The van der Waals surface area contributed by atoms with Crippen LogP contribution in [0.3, 0.4) is 0 Å². The molecule has 28 heavy (non-hydrogen) atoms. The van der Waals surface area contributed by atoms with Crippen molar-refractivity contribution >= 4 is 0 Å². The van der Waals surface area contributed by atoms with E-state index < -0.39 is 0 Å². The van der Waals surface area contributed by atoms with Crippen LogP contribution in [0.15, 0.2) is 97.2 Å². The van der Waals surface area contributed by atoms with Crippen molar-refractivity contribution in [3.05, 3.63) is 114 Å². The first-order chi connectivity index (χ1) is 13.7. The van der Waals surface area contributed by atoms with E-state index in [2.05, 4.69) is 83.8 Å². The molecule has 3 aromatic carbocycles. The molecule has 0 radical (unpaired) electrons. The Hall–Kier alpha value is -3.23. The second-order valence-corrected chi connectivity index (χ2v) is 7.19. The summed E-state index contributed by atoms with van der Waals surface area (Å²) in [5, 5.41) is 0. The summed E-state index contributed by atoms with van der Waals surface area (Å²) in [7, 11) is 0. The van der Waals surface area contributed by atoms with Gasteiger partial charge < -0.3 is 5.73 Å². The van der Waals surface area contributed by atoms with Crippen molar-refractivity contribution in [2.45, 2.75) is 19.4 Å². The highest BCUT2D eigenvalue weighted by molar-refractivity contribution is 5.70. The summed E-state index contributed by atoms with van der Waals surface area (Å²) in [6, 6.07) is 31.7. The van der Waals surface area contributed by atoms with Gasteiger partial charge in [0.2, 0.25) is 0 Å². The molecule has 0 aliphatic rings. The Bertz CT molecular complexity index is 1040. The summed E-state index contributed by atoms with van der Waals surface area (Å²) in [5.74, 6) is 0. The first kappa shape index (κ1) is 18.1. The van der Waals surface area contributed by atoms with Gasteiger partial charge in [-0.3, -0.25) is 4.98 Å². The lowest BCUT2D eigenvalue weighted by molar-refractivity contribution is 0.722. The molecule has 1 atom stereocenters. The zero-order valence-corrected chi connectivity index (χ0v) is 16.0. The van der Waals surface area contributed by atoms with E-state index in [0.717, 1.165) is 23.2 Å². The van der Waals surface area contributed by atoms with Gasteiger partial charge in [0.15, 0.2) is 0 Å². The van der Waals surface area contributed by atoms with Crippen molar-refractivity contribution in [1.82, 2.24) is 4.98 Å². The van der Waals surface area contributed by atoms with Crippen LogP contribution in [0.2, 0.25) is 0 Å². The molecular formula is C26H24N2. The van der Waals surface area contributed by atoms with Gasteiger partial charge in [0.25, 0.3) is 0 Å². The zero-order valence-electron chi connectivity index (χ0n) is 16.0. The summed E-state index contributed by atoms with van der Waals surface area (Å²) in [6.45, 7) is 2.00. The Morgan fingerprint density at radius 3 is 2.07 bits per heavy atom. The maximum absolute atomic E-state index is 6.48. The van der Waals surface area contributed by atoms with Crippen molar-refractivity contribution in [2.75, 3.05) is 0 Å². The smallest absolute Gasteiger partial charge is 0.0373 e. The Kier molecular flexibility index (Phi) is 5.31. The van der Waals surface area contributed by atoms with Crippen LogP contribution in [-0.4, -0.2) is 4.98 Å². The van der Waals surface area contributed by atoms with Crippen LogP contribution in [0.5, 0.6) is 0 Å². The van der Waals surface area contributed by atoms with Crippen molar-refractivity contribution in [3.63, 3.8) is 0 Å². The Morgan fingerprint density at radius 2 is 1.39 bits per heavy atom. The Labute approximate surface area is 166 Å². The van der Waals surface area contributed by atoms with Crippen LogP contribution in [0.25, 0.3) is 22.3 Å². The van der Waals surface area contributed by atoms with Gasteiger partial charge >= 0.3 is 0 Å². The van der Waals surface area contributed by atoms with Crippen LogP contribution in [-0.2, 0) is 6.42 Å². The predicted octanol–water partition coefficient (Wildman–Crippen LogP) is 5.97. The summed E-state index contributed by atoms with van der Waals surface area (Å²) in [4.78, 5) is 4.39. The fourth-order valence-corrected chi connectivity index (χ4v) is 3.43. The minimum Gasteiger partial charge on any atom is -0.324 e. The number of benzene rings is 3. The molecule has 1 aromatic heterocycles. The quantitative estimate of drug-likeness (QED) is 0.474. The standard InChI is InChI=1S/C26H24N2/c1-19-10-11-25(18-28-19)22-14-12-21(13-15-22)23-8-5-9-24(17-23)26(27)16-20-6-3-2-4-7-20/h2-15,17-18,26H,16,27H2,1H3. The third-order valence-corrected chi connectivity index (χ3v) is 5.08. The molecule has 0 fully saturated rings. The fraction of sp³-hybridized carbons (Fsp3) is 0.115. The monoisotopic (exact) mass is 364 g/mol. The number of nitrogens with two attached hydrogens (primary N) is 1. The van der Waals surface area contributed by atoms with Gasteiger partial charge in [0, 0.05) is 23.5 Å². The lowest BCUT2D eigenvalue weighted by Gasteiger charge is -2.14. The molecule has 0 spiro atoms. The van der Waals surface area contributed by atoms with E-state index in [1.54, 1.807) is 0 Å². The maximum Gasteiger partial charge on any atom is 0.0373 e. The third kappa shape index (κ3) is 4.19. The molecule has 0 saturated carbocycles. The molecule has 0 amide bonds. The van der Waals surface area contributed by atoms with Crippen molar-refractivity contribution < 1.29 is 0 Å². The van der Waals surface area contributed by atoms with E-state index in [-0.39, 0.29) is 6.04 Å². The van der Waals surface area contributed by atoms with E-state index in [1.807, 2.05) is 25.3 Å². The van der Waals surface area contributed by atoms with Gasteiger partial charge in [-0.25, -0.2) is 0 Å². The largest absolute Gasteiger partial charge is 0.324 e. The van der Waals surface area contributed by atoms with E-state index in [9.17, 15) is 0 Å². The topological polar surface area (TPSA) is 38.9 Å². The SMILES string of the molecule is Cc1ccc(-c2ccc(-c3cccc(C(N)Cc4ccccc4)c3)cc2)cn1. The van der Waals surface area contributed by atoms with Crippen LogP contribution in [0, 0.1) is 6.92 Å². The number of aryl methyl sites for hydroxylation is 1. The van der Waals surface area contributed by atoms with E-state index >= 15 is 0 Å². The van der Waals surface area contributed by atoms with Crippen LogP contribution in [0.4, 0.5) is 0 Å². The highest BCUT2D eigenvalue weighted by atomic mass is 14.7. The van der Waals surface area contributed by atoms with Crippen LogP contribution in [0.1, 0.15) is 22.9 Å². The average Bonchev–Trinajstić information content (AvgIpc) is 2.75. The summed E-state index contributed by atoms with van der Waals surface area (Å²) < 4.78 is 0. The second kappa shape index (κ2) is 8.20. The van der Waals surface area contributed by atoms with Gasteiger partial charge in [0.05, 0.1) is 0 Å². The van der Waals surface area contributed by atoms with E-state index in [1.165, 1.54) is 22.3 Å². The van der Waals surface area contributed by atoms with Crippen molar-refractivity contribution in [1.29, 1.82) is 0 Å². The van der Waals surface area contributed by atoms with Gasteiger partial charge in [-0.1, -0.05) is 78.9 Å². The van der Waals surface area contributed by atoms with Crippen molar-refractivity contribution in [2.24, 2.45) is 5.73 Å². The lowest BCUT2D eigenvalue weighted by atomic mass is 9.95. The molecule has 1 heterocycles. The Morgan fingerprint density at radius 1 is 0.714 bits per heavy atom. The van der Waals surface area contributed by atoms with Crippen LogP contribution < -0.4 is 5.73 Å². The molecule has 0 bridgehead atoms.